The topological polar surface area (TPSA) is 12.0 Å². The number of nitrogens with one attached hydrogen (secondary N) is 1. The van der Waals surface area contributed by atoms with Gasteiger partial charge in [-0.05, 0) is 49.5 Å². The molecule has 2 rings (SSSR count). The molecule has 1 saturated heterocycles. The summed E-state index contributed by atoms with van der Waals surface area (Å²) in [7, 11) is 0. The third kappa shape index (κ3) is 3.94. The smallest absolute Gasteiger partial charge is 0.0294 e. The molecule has 3 heteroatoms. The van der Waals surface area contributed by atoms with E-state index in [9.17, 15) is 0 Å². The van der Waals surface area contributed by atoms with E-state index in [4.69, 9.17) is 0 Å². The largest absolute Gasteiger partial charge is 0.307 e. The van der Waals surface area contributed by atoms with Crippen molar-refractivity contribution in [3.05, 3.63) is 29.8 Å². The van der Waals surface area contributed by atoms with Crippen molar-refractivity contribution in [1.29, 1.82) is 0 Å². The van der Waals surface area contributed by atoms with E-state index in [2.05, 4.69) is 54.5 Å². The Bertz CT molecular complexity index is 331. The van der Waals surface area contributed by atoms with Gasteiger partial charge in [0.05, 0.1) is 0 Å². The Labute approximate surface area is 113 Å². The second kappa shape index (κ2) is 6.72. The van der Waals surface area contributed by atoms with Crippen LogP contribution in [0.1, 0.15) is 31.4 Å². The first-order valence-corrected chi connectivity index (χ1v) is 8.65. The molecule has 0 aromatic heterocycles. The van der Waals surface area contributed by atoms with Crippen LogP contribution in [-0.4, -0.2) is 23.8 Å². The number of thioether (sulfide) groups is 2. The van der Waals surface area contributed by atoms with Gasteiger partial charge in [-0.15, -0.1) is 11.8 Å². The molecule has 0 radical (unpaired) electrons. The highest BCUT2D eigenvalue weighted by Crippen LogP contribution is 2.22. The molecule has 1 aromatic rings. The van der Waals surface area contributed by atoms with Gasteiger partial charge in [-0.2, -0.15) is 11.8 Å². The SMILES string of the molecule is CSc1ccc(C(C)NC2CCCSC2)cc1. The van der Waals surface area contributed by atoms with Crippen LogP contribution >= 0.6 is 23.5 Å². The van der Waals surface area contributed by atoms with Crippen LogP contribution in [0.15, 0.2) is 29.2 Å². The van der Waals surface area contributed by atoms with Crippen LogP contribution in [0.2, 0.25) is 0 Å². The minimum atomic E-state index is 0.467. The first kappa shape index (κ1) is 13.3. The number of hydrogen-bond donors (Lipinski definition) is 1. The van der Waals surface area contributed by atoms with Crippen molar-refractivity contribution >= 4 is 23.5 Å². The predicted octanol–water partition coefficient (Wildman–Crippen LogP) is 3.95. The fourth-order valence-electron chi connectivity index (χ4n) is 2.21. The third-order valence-corrected chi connectivity index (χ3v) is 5.22. The summed E-state index contributed by atoms with van der Waals surface area (Å²) >= 11 is 3.88. The van der Waals surface area contributed by atoms with Gasteiger partial charge in [0.15, 0.2) is 0 Å². The van der Waals surface area contributed by atoms with Crippen LogP contribution in [0, 0.1) is 0 Å². The lowest BCUT2D eigenvalue weighted by molar-refractivity contribution is 0.452. The maximum absolute atomic E-state index is 3.74. The monoisotopic (exact) mass is 267 g/mol. The van der Waals surface area contributed by atoms with Crippen molar-refractivity contribution in [2.75, 3.05) is 17.8 Å². The Morgan fingerprint density at radius 1 is 1.35 bits per heavy atom. The maximum atomic E-state index is 3.74. The summed E-state index contributed by atoms with van der Waals surface area (Å²) < 4.78 is 0. The molecule has 1 fully saturated rings. The molecule has 2 unspecified atom stereocenters. The van der Waals surface area contributed by atoms with E-state index < -0.39 is 0 Å². The molecule has 1 aliphatic heterocycles. The highest BCUT2D eigenvalue weighted by atomic mass is 32.2. The fourth-order valence-corrected chi connectivity index (χ4v) is 3.71. The molecule has 1 aromatic carbocycles. The van der Waals surface area contributed by atoms with Crippen LogP contribution in [0.3, 0.4) is 0 Å². The van der Waals surface area contributed by atoms with E-state index in [1.807, 2.05) is 0 Å². The van der Waals surface area contributed by atoms with Gasteiger partial charge in [-0.25, -0.2) is 0 Å². The zero-order valence-electron chi connectivity index (χ0n) is 10.6. The summed E-state index contributed by atoms with van der Waals surface area (Å²) in [6.07, 6.45) is 4.82. The van der Waals surface area contributed by atoms with Crippen LogP contribution in [0.25, 0.3) is 0 Å². The van der Waals surface area contributed by atoms with Gasteiger partial charge in [0, 0.05) is 22.7 Å². The minimum absolute atomic E-state index is 0.467. The van der Waals surface area contributed by atoms with Gasteiger partial charge >= 0.3 is 0 Å². The lowest BCUT2D eigenvalue weighted by Gasteiger charge is -2.26. The van der Waals surface area contributed by atoms with E-state index >= 15 is 0 Å². The maximum Gasteiger partial charge on any atom is 0.0294 e. The summed E-state index contributed by atoms with van der Waals surface area (Å²) in [6, 6.07) is 10.1. The molecule has 1 heterocycles. The minimum Gasteiger partial charge on any atom is -0.307 e. The van der Waals surface area contributed by atoms with Crippen molar-refractivity contribution in [3.63, 3.8) is 0 Å². The fraction of sp³-hybridized carbons (Fsp3) is 0.571. The van der Waals surface area contributed by atoms with Crippen molar-refractivity contribution < 1.29 is 0 Å². The van der Waals surface area contributed by atoms with Gasteiger partial charge in [-0.3, -0.25) is 0 Å². The average Bonchev–Trinajstić information content (AvgIpc) is 2.40. The molecule has 0 bridgehead atoms. The quantitative estimate of drug-likeness (QED) is 0.830. The summed E-state index contributed by atoms with van der Waals surface area (Å²) in [5, 5.41) is 3.74. The zero-order chi connectivity index (χ0) is 12.1. The molecule has 0 saturated carbocycles. The Balaban J connectivity index is 1.91. The normalized spacial score (nSPS) is 22.4. The van der Waals surface area contributed by atoms with Gasteiger partial charge in [-0.1, -0.05) is 12.1 Å². The number of hydrogen-bond acceptors (Lipinski definition) is 3. The zero-order valence-corrected chi connectivity index (χ0v) is 12.2. The van der Waals surface area contributed by atoms with Crippen LogP contribution in [0.4, 0.5) is 0 Å². The molecule has 0 amide bonds. The Hall–Kier alpha value is -0.120. The highest BCUT2D eigenvalue weighted by molar-refractivity contribution is 7.99. The molecule has 0 aliphatic carbocycles. The molecular weight excluding hydrogens is 246 g/mol. The molecule has 1 N–H and O–H groups in total. The van der Waals surface area contributed by atoms with E-state index in [1.54, 1.807) is 11.8 Å². The second-order valence-electron chi connectivity index (χ2n) is 4.58. The summed E-state index contributed by atoms with van der Waals surface area (Å²) in [5.74, 6) is 2.61. The predicted molar refractivity (Wildman–Crippen MR) is 80.1 cm³/mol. The Morgan fingerprint density at radius 2 is 2.12 bits per heavy atom. The summed E-state index contributed by atoms with van der Waals surface area (Å²) in [5.41, 5.74) is 1.40. The molecule has 17 heavy (non-hydrogen) atoms. The third-order valence-electron chi connectivity index (χ3n) is 3.26. The first-order chi connectivity index (χ1) is 8.29. The molecule has 0 spiro atoms. The van der Waals surface area contributed by atoms with Crippen LogP contribution < -0.4 is 5.32 Å². The van der Waals surface area contributed by atoms with E-state index in [0.29, 0.717) is 12.1 Å². The van der Waals surface area contributed by atoms with Gasteiger partial charge in [0.25, 0.3) is 0 Å². The van der Waals surface area contributed by atoms with Gasteiger partial charge in [0.1, 0.15) is 0 Å². The Morgan fingerprint density at radius 3 is 2.71 bits per heavy atom. The lowest BCUT2D eigenvalue weighted by Crippen LogP contribution is -2.35. The molecule has 1 aliphatic rings. The van der Waals surface area contributed by atoms with Crippen molar-refractivity contribution in [1.82, 2.24) is 5.32 Å². The summed E-state index contributed by atoms with van der Waals surface area (Å²) in [6.45, 7) is 2.27. The molecule has 2 atom stereocenters. The van der Waals surface area contributed by atoms with Gasteiger partial charge < -0.3 is 5.32 Å². The van der Waals surface area contributed by atoms with Crippen molar-refractivity contribution in [2.24, 2.45) is 0 Å². The van der Waals surface area contributed by atoms with Crippen LogP contribution in [0.5, 0.6) is 0 Å². The van der Waals surface area contributed by atoms with E-state index in [1.165, 1.54) is 34.8 Å². The second-order valence-corrected chi connectivity index (χ2v) is 6.61. The Kier molecular flexibility index (Phi) is 5.26. The van der Waals surface area contributed by atoms with E-state index in [-0.39, 0.29) is 0 Å². The standard InChI is InChI=1S/C14H21NS2/c1-11(15-13-4-3-9-17-10-13)12-5-7-14(16-2)8-6-12/h5-8,11,13,15H,3-4,9-10H2,1-2H3. The van der Waals surface area contributed by atoms with E-state index in [0.717, 1.165) is 0 Å². The summed E-state index contributed by atoms with van der Waals surface area (Å²) in [4.78, 5) is 1.34. The highest BCUT2D eigenvalue weighted by Gasteiger charge is 2.16. The molecular formula is C14H21NS2. The van der Waals surface area contributed by atoms with Gasteiger partial charge in [0.2, 0.25) is 0 Å². The molecule has 1 nitrogen and oxygen atoms in total. The first-order valence-electron chi connectivity index (χ1n) is 6.27. The number of rotatable bonds is 4. The average molecular weight is 267 g/mol. The van der Waals surface area contributed by atoms with Crippen molar-refractivity contribution in [3.8, 4) is 0 Å². The molecule has 94 valence electrons. The van der Waals surface area contributed by atoms with Crippen LogP contribution in [-0.2, 0) is 0 Å². The lowest BCUT2D eigenvalue weighted by atomic mass is 10.1. The number of benzene rings is 1. The van der Waals surface area contributed by atoms with Crippen molar-refractivity contribution in [2.45, 2.75) is 36.7 Å².